The Kier molecular flexibility index (Phi) is 5.14. The summed E-state index contributed by atoms with van der Waals surface area (Å²) in [5.74, 6) is 0. The molecule has 1 atom stereocenters. The average Bonchev–Trinajstić information content (AvgIpc) is 2.92. The maximum Gasteiger partial charge on any atom is 0.412 e. The van der Waals surface area contributed by atoms with Gasteiger partial charge in [0, 0.05) is 13.0 Å². The lowest BCUT2D eigenvalue weighted by Crippen LogP contribution is -2.54. The molecular formula is C15H21NO8S2. The van der Waals surface area contributed by atoms with Crippen LogP contribution in [0.15, 0.2) is 28.0 Å². The van der Waals surface area contributed by atoms with Gasteiger partial charge in [-0.2, -0.15) is 16.8 Å². The van der Waals surface area contributed by atoms with Crippen LogP contribution in [-0.2, 0) is 39.9 Å². The van der Waals surface area contributed by atoms with E-state index in [1.165, 1.54) is 6.07 Å². The molecule has 0 N–H and O–H groups in total. The summed E-state index contributed by atoms with van der Waals surface area (Å²) in [5, 5.41) is 0. The SMILES string of the molecule is C.C.O=C1OCc2ccc3c(c2)S(=O)(=O)OC2(CCCN12)COS3(=O)=O. The number of carbonyl (C=O) groups is 1. The van der Waals surface area contributed by atoms with Crippen LogP contribution in [0.25, 0.3) is 0 Å². The van der Waals surface area contributed by atoms with Gasteiger partial charge in [-0.25, -0.2) is 8.98 Å². The predicted molar refractivity (Wildman–Crippen MR) is 90.2 cm³/mol. The molecule has 1 aromatic rings. The number of cyclic esters (lactones) is 1. The molecule has 9 nitrogen and oxygen atoms in total. The minimum atomic E-state index is -4.43. The summed E-state index contributed by atoms with van der Waals surface area (Å²) in [6.45, 7) is -0.613. The summed E-state index contributed by atoms with van der Waals surface area (Å²) in [6, 6.07) is 3.60. The van der Waals surface area contributed by atoms with Gasteiger partial charge in [-0.1, -0.05) is 20.9 Å². The highest BCUT2D eigenvalue weighted by Crippen LogP contribution is 2.40. The van der Waals surface area contributed by atoms with Gasteiger partial charge in [0.25, 0.3) is 10.1 Å². The summed E-state index contributed by atoms with van der Waals surface area (Å²) >= 11 is 0. The number of nitrogens with zero attached hydrogens (tertiary/aromatic N) is 1. The van der Waals surface area contributed by atoms with Crippen molar-refractivity contribution in [2.45, 2.75) is 49.8 Å². The van der Waals surface area contributed by atoms with E-state index in [1.807, 2.05) is 0 Å². The highest BCUT2D eigenvalue weighted by Gasteiger charge is 2.53. The van der Waals surface area contributed by atoms with Gasteiger partial charge >= 0.3 is 16.2 Å². The fourth-order valence-electron chi connectivity index (χ4n) is 3.12. The Labute approximate surface area is 153 Å². The van der Waals surface area contributed by atoms with Crippen LogP contribution < -0.4 is 0 Å². The van der Waals surface area contributed by atoms with Gasteiger partial charge in [0.2, 0.25) is 0 Å². The maximum absolute atomic E-state index is 12.7. The second-order valence-electron chi connectivity index (χ2n) is 5.79. The lowest BCUT2D eigenvalue weighted by molar-refractivity contribution is -0.0749. The van der Waals surface area contributed by atoms with Gasteiger partial charge in [-0.15, -0.1) is 0 Å². The first-order chi connectivity index (χ1) is 11.2. The minimum Gasteiger partial charge on any atom is -0.444 e. The van der Waals surface area contributed by atoms with Crippen LogP contribution in [0, 0.1) is 0 Å². The molecule has 3 aliphatic heterocycles. The molecular weight excluding hydrogens is 386 g/mol. The normalized spacial score (nSPS) is 28.0. The summed E-state index contributed by atoms with van der Waals surface area (Å²) in [6.07, 6.45) is -0.235. The summed E-state index contributed by atoms with van der Waals surface area (Å²) in [5.41, 5.74) is -1.40. The van der Waals surface area contributed by atoms with E-state index in [0.29, 0.717) is 12.0 Å². The fraction of sp³-hybridized carbons (Fsp3) is 0.533. The number of hydrogen-bond donors (Lipinski definition) is 0. The van der Waals surface area contributed by atoms with Crippen molar-refractivity contribution in [3.05, 3.63) is 23.8 Å². The van der Waals surface area contributed by atoms with E-state index in [9.17, 15) is 21.6 Å². The Balaban J connectivity index is 0.00000121. The molecule has 0 aromatic heterocycles. The van der Waals surface area contributed by atoms with Crippen LogP contribution in [0.5, 0.6) is 0 Å². The van der Waals surface area contributed by atoms with Crippen molar-refractivity contribution < 1.29 is 34.7 Å². The molecule has 0 radical (unpaired) electrons. The molecule has 3 bridgehead atoms. The molecule has 0 aliphatic carbocycles. The third kappa shape index (κ3) is 2.98. The van der Waals surface area contributed by atoms with E-state index < -0.39 is 48.5 Å². The van der Waals surface area contributed by atoms with Gasteiger partial charge in [0.05, 0.1) is 0 Å². The zero-order valence-corrected chi connectivity index (χ0v) is 13.9. The number of carbonyl (C=O) groups excluding carboxylic acids is 1. The molecule has 4 rings (SSSR count). The average molecular weight is 407 g/mol. The van der Waals surface area contributed by atoms with Crippen molar-refractivity contribution >= 4 is 26.3 Å². The van der Waals surface area contributed by atoms with Crippen LogP contribution >= 0.6 is 0 Å². The van der Waals surface area contributed by atoms with Crippen LogP contribution in [-0.4, -0.2) is 46.7 Å². The van der Waals surface area contributed by atoms with E-state index in [1.54, 1.807) is 0 Å². The highest BCUT2D eigenvalue weighted by atomic mass is 32.2. The molecule has 3 heterocycles. The van der Waals surface area contributed by atoms with E-state index >= 15 is 0 Å². The maximum atomic E-state index is 12.7. The number of ether oxygens (including phenoxy) is 1. The molecule has 1 aromatic carbocycles. The molecule has 3 aliphatic rings. The third-order valence-electron chi connectivity index (χ3n) is 4.27. The van der Waals surface area contributed by atoms with Gasteiger partial charge < -0.3 is 4.74 Å². The quantitative estimate of drug-likeness (QED) is 0.598. The Morgan fingerprint density at radius 2 is 1.77 bits per heavy atom. The molecule has 0 saturated carbocycles. The van der Waals surface area contributed by atoms with Gasteiger partial charge in [0.1, 0.15) is 23.0 Å². The molecule has 1 fully saturated rings. The van der Waals surface area contributed by atoms with Gasteiger partial charge in [-0.3, -0.25) is 9.08 Å². The minimum absolute atomic E-state index is 0. The van der Waals surface area contributed by atoms with E-state index in [2.05, 4.69) is 0 Å². The number of fused-ring (bicyclic) bond motifs is 2. The van der Waals surface area contributed by atoms with Crippen LogP contribution in [0.4, 0.5) is 4.79 Å². The summed E-state index contributed by atoms with van der Waals surface area (Å²) in [4.78, 5) is 12.4. The van der Waals surface area contributed by atoms with Crippen LogP contribution in [0.2, 0.25) is 0 Å². The number of amides is 1. The molecule has 146 valence electrons. The molecule has 1 unspecified atom stereocenters. The molecule has 1 saturated heterocycles. The lowest BCUT2D eigenvalue weighted by atomic mass is 10.2. The zero-order chi connectivity index (χ0) is 17.2. The second-order valence-corrected chi connectivity index (χ2v) is 8.89. The van der Waals surface area contributed by atoms with Gasteiger partial charge in [0.15, 0.2) is 5.72 Å². The molecule has 26 heavy (non-hydrogen) atoms. The Hall–Kier alpha value is -1.69. The van der Waals surface area contributed by atoms with E-state index in [-0.39, 0.29) is 34.4 Å². The van der Waals surface area contributed by atoms with E-state index in [4.69, 9.17) is 13.1 Å². The first-order valence-corrected chi connectivity index (χ1v) is 9.98. The molecule has 1 amide bonds. The zero-order valence-electron chi connectivity index (χ0n) is 12.3. The topological polar surface area (TPSA) is 116 Å². The smallest absolute Gasteiger partial charge is 0.412 e. The third-order valence-corrected chi connectivity index (χ3v) is 7.13. The van der Waals surface area contributed by atoms with Crippen molar-refractivity contribution in [3.8, 4) is 0 Å². The van der Waals surface area contributed by atoms with Crippen LogP contribution in [0.3, 0.4) is 0 Å². The lowest BCUT2D eigenvalue weighted by Gasteiger charge is -2.37. The molecule has 1 spiro atoms. The van der Waals surface area contributed by atoms with Gasteiger partial charge in [-0.05, 0) is 24.1 Å². The Morgan fingerprint density at radius 3 is 2.50 bits per heavy atom. The van der Waals surface area contributed by atoms with Crippen molar-refractivity contribution in [3.63, 3.8) is 0 Å². The summed E-state index contributed by atoms with van der Waals surface area (Å²) in [7, 11) is -8.74. The van der Waals surface area contributed by atoms with Crippen molar-refractivity contribution in [2.75, 3.05) is 13.2 Å². The number of rotatable bonds is 0. The largest absolute Gasteiger partial charge is 0.444 e. The first kappa shape index (κ1) is 20.6. The standard InChI is InChI=1S/C13H13NO8S2.2CH4/c15-12-14-5-1-4-13(14)8-21-23(16,17)10-3-2-9(7-20-12)6-11(10)24(18,19)22-13;;/h2-3,6H,1,4-5,7-8H2;2*1H4. The second kappa shape index (κ2) is 6.48. The monoisotopic (exact) mass is 407 g/mol. The summed E-state index contributed by atoms with van der Waals surface area (Å²) < 4.78 is 65.8. The Morgan fingerprint density at radius 1 is 1.04 bits per heavy atom. The molecule has 11 heteroatoms. The van der Waals surface area contributed by atoms with Crippen molar-refractivity contribution in [1.82, 2.24) is 4.90 Å². The predicted octanol–water partition coefficient (Wildman–Crippen LogP) is 1.83. The number of hydrogen-bond acceptors (Lipinski definition) is 8. The van der Waals surface area contributed by atoms with Crippen molar-refractivity contribution in [1.29, 1.82) is 0 Å². The van der Waals surface area contributed by atoms with Crippen molar-refractivity contribution in [2.24, 2.45) is 0 Å². The van der Waals surface area contributed by atoms with E-state index in [0.717, 1.165) is 17.0 Å². The fourth-order valence-corrected chi connectivity index (χ4v) is 6.07. The number of benzene rings is 1. The first-order valence-electron chi connectivity index (χ1n) is 7.16. The Bertz CT molecular complexity index is 940. The van der Waals surface area contributed by atoms with Crippen LogP contribution in [0.1, 0.15) is 33.3 Å². The highest BCUT2D eigenvalue weighted by molar-refractivity contribution is 7.90.